The highest BCUT2D eigenvalue weighted by atomic mass is 16.5. The Labute approximate surface area is 77.7 Å². The quantitative estimate of drug-likeness (QED) is 0.760. The van der Waals surface area contributed by atoms with Gasteiger partial charge in [-0.2, -0.15) is 4.98 Å². The Hall–Kier alpha value is -0.900. The van der Waals surface area contributed by atoms with Crippen molar-refractivity contribution in [2.24, 2.45) is 5.92 Å². The number of nitrogens with zero attached hydrogens (tertiary/aromatic N) is 2. The summed E-state index contributed by atoms with van der Waals surface area (Å²) in [6, 6.07) is 0. The van der Waals surface area contributed by atoms with Crippen LogP contribution in [0.15, 0.2) is 4.52 Å². The first-order valence-corrected chi connectivity index (χ1v) is 4.84. The molecule has 1 aliphatic rings. The zero-order valence-corrected chi connectivity index (χ0v) is 7.92. The second-order valence-electron chi connectivity index (χ2n) is 3.66. The van der Waals surface area contributed by atoms with Crippen LogP contribution >= 0.6 is 0 Å². The molecule has 0 atom stereocenters. The molecule has 1 aromatic rings. The van der Waals surface area contributed by atoms with E-state index in [1.807, 2.05) is 6.92 Å². The highest BCUT2D eigenvalue weighted by Crippen LogP contribution is 2.25. The molecule has 1 saturated carbocycles. The number of hydrogen-bond donors (Lipinski definition) is 1. The molecule has 2 rings (SSSR count). The lowest BCUT2D eigenvalue weighted by molar-refractivity contribution is 0.291. The summed E-state index contributed by atoms with van der Waals surface area (Å²) in [6.45, 7) is 3.62. The molecule has 0 aliphatic heterocycles. The van der Waals surface area contributed by atoms with Crippen LogP contribution in [0.2, 0.25) is 0 Å². The van der Waals surface area contributed by atoms with Crippen LogP contribution < -0.4 is 5.32 Å². The molecule has 0 amide bonds. The maximum absolute atomic E-state index is 4.97. The maximum atomic E-state index is 4.97. The van der Waals surface area contributed by atoms with Gasteiger partial charge < -0.3 is 9.84 Å². The molecule has 1 aromatic heterocycles. The Balaban J connectivity index is 1.67. The summed E-state index contributed by atoms with van der Waals surface area (Å²) >= 11 is 0. The van der Waals surface area contributed by atoms with E-state index in [-0.39, 0.29) is 0 Å². The van der Waals surface area contributed by atoms with Gasteiger partial charge in [0.25, 0.3) is 0 Å². The van der Waals surface area contributed by atoms with Gasteiger partial charge in [0.1, 0.15) is 0 Å². The third-order valence-electron chi connectivity index (χ3n) is 2.50. The Morgan fingerprint density at radius 3 is 2.92 bits per heavy atom. The highest BCUT2D eigenvalue weighted by molar-refractivity contribution is 4.82. The summed E-state index contributed by atoms with van der Waals surface area (Å²) in [5, 5.41) is 7.04. The maximum Gasteiger partial charge on any atom is 0.240 e. The molecule has 1 aliphatic carbocycles. The first-order valence-electron chi connectivity index (χ1n) is 4.84. The minimum Gasteiger partial charge on any atom is -0.338 e. The van der Waals surface area contributed by atoms with Crippen LogP contribution in [0, 0.1) is 12.8 Å². The molecule has 0 bridgehead atoms. The predicted molar refractivity (Wildman–Crippen MR) is 48.1 cm³/mol. The van der Waals surface area contributed by atoms with Gasteiger partial charge in [-0.05, 0) is 32.2 Å². The standard InChI is InChI=1S/C9H15N3O/c1-7-11-9(13-12-7)6-10-5-8-3-2-4-8/h8,10H,2-6H2,1H3. The molecule has 1 heterocycles. The first-order chi connectivity index (χ1) is 6.34. The van der Waals surface area contributed by atoms with Gasteiger partial charge in [0, 0.05) is 0 Å². The van der Waals surface area contributed by atoms with Crippen LogP contribution in [-0.2, 0) is 6.54 Å². The van der Waals surface area contributed by atoms with Gasteiger partial charge in [0.15, 0.2) is 5.82 Å². The second kappa shape index (κ2) is 3.87. The van der Waals surface area contributed by atoms with Crippen molar-refractivity contribution >= 4 is 0 Å². The molecule has 72 valence electrons. The lowest BCUT2D eigenvalue weighted by Gasteiger charge is -2.25. The Morgan fingerprint density at radius 1 is 1.54 bits per heavy atom. The van der Waals surface area contributed by atoms with E-state index < -0.39 is 0 Å². The van der Waals surface area contributed by atoms with Crippen molar-refractivity contribution in [2.45, 2.75) is 32.7 Å². The fourth-order valence-corrected chi connectivity index (χ4v) is 1.49. The second-order valence-corrected chi connectivity index (χ2v) is 3.66. The molecule has 0 spiro atoms. The van der Waals surface area contributed by atoms with Crippen LogP contribution in [0.5, 0.6) is 0 Å². The van der Waals surface area contributed by atoms with Crippen molar-refractivity contribution in [3.05, 3.63) is 11.7 Å². The minimum atomic E-state index is 0.692. The van der Waals surface area contributed by atoms with Crippen molar-refractivity contribution in [3.8, 4) is 0 Å². The van der Waals surface area contributed by atoms with Crippen molar-refractivity contribution in [1.82, 2.24) is 15.5 Å². The van der Waals surface area contributed by atoms with E-state index in [9.17, 15) is 0 Å². The third kappa shape index (κ3) is 2.28. The molecule has 4 heteroatoms. The van der Waals surface area contributed by atoms with Gasteiger partial charge in [0.2, 0.25) is 5.89 Å². The van der Waals surface area contributed by atoms with Crippen LogP contribution in [0.3, 0.4) is 0 Å². The van der Waals surface area contributed by atoms with Crippen LogP contribution in [0.4, 0.5) is 0 Å². The zero-order chi connectivity index (χ0) is 9.10. The average Bonchev–Trinajstić information content (AvgIpc) is 2.42. The van der Waals surface area contributed by atoms with E-state index in [0.717, 1.165) is 12.5 Å². The SMILES string of the molecule is Cc1noc(CNCC2CCC2)n1. The molecular formula is C9H15N3O. The van der Waals surface area contributed by atoms with Gasteiger partial charge >= 0.3 is 0 Å². The molecule has 0 radical (unpaired) electrons. The first kappa shape index (κ1) is 8.69. The Morgan fingerprint density at radius 2 is 2.38 bits per heavy atom. The van der Waals surface area contributed by atoms with Crippen molar-refractivity contribution in [3.63, 3.8) is 0 Å². The van der Waals surface area contributed by atoms with Gasteiger partial charge in [-0.1, -0.05) is 11.6 Å². The van der Waals surface area contributed by atoms with Crippen LogP contribution in [0.1, 0.15) is 31.0 Å². The minimum absolute atomic E-state index is 0.692. The molecular weight excluding hydrogens is 166 g/mol. The van der Waals surface area contributed by atoms with Gasteiger partial charge in [-0.15, -0.1) is 0 Å². The smallest absolute Gasteiger partial charge is 0.240 e. The van der Waals surface area contributed by atoms with E-state index >= 15 is 0 Å². The molecule has 0 aromatic carbocycles. The monoisotopic (exact) mass is 181 g/mol. The average molecular weight is 181 g/mol. The van der Waals surface area contributed by atoms with E-state index in [1.165, 1.54) is 19.3 Å². The van der Waals surface area contributed by atoms with Gasteiger partial charge in [-0.25, -0.2) is 0 Å². The number of aryl methyl sites for hydroxylation is 1. The summed E-state index contributed by atoms with van der Waals surface area (Å²) in [6.07, 6.45) is 4.14. The van der Waals surface area contributed by atoms with Gasteiger partial charge in [-0.3, -0.25) is 0 Å². The summed E-state index contributed by atoms with van der Waals surface area (Å²) in [7, 11) is 0. The molecule has 13 heavy (non-hydrogen) atoms. The summed E-state index contributed by atoms with van der Waals surface area (Å²) in [5.41, 5.74) is 0. The summed E-state index contributed by atoms with van der Waals surface area (Å²) < 4.78 is 4.97. The normalized spacial score (nSPS) is 17.3. The third-order valence-corrected chi connectivity index (χ3v) is 2.50. The largest absolute Gasteiger partial charge is 0.338 e. The van der Waals surface area contributed by atoms with Crippen molar-refractivity contribution < 1.29 is 4.52 Å². The summed E-state index contributed by atoms with van der Waals surface area (Å²) in [5.74, 6) is 2.28. The molecule has 0 unspecified atom stereocenters. The number of nitrogens with one attached hydrogen (secondary N) is 1. The van der Waals surface area contributed by atoms with Gasteiger partial charge in [0.05, 0.1) is 6.54 Å². The topological polar surface area (TPSA) is 51.0 Å². The van der Waals surface area contributed by atoms with E-state index in [0.29, 0.717) is 18.3 Å². The molecule has 4 nitrogen and oxygen atoms in total. The summed E-state index contributed by atoms with van der Waals surface area (Å²) in [4.78, 5) is 4.11. The van der Waals surface area contributed by atoms with E-state index in [1.54, 1.807) is 0 Å². The van der Waals surface area contributed by atoms with Crippen LogP contribution in [-0.4, -0.2) is 16.7 Å². The number of hydrogen-bond acceptors (Lipinski definition) is 4. The molecule has 0 saturated heterocycles. The fraction of sp³-hybridized carbons (Fsp3) is 0.778. The molecule has 1 fully saturated rings. The lowest BCUT2D eigenvalue weighted by Crippen LogP contribution is -2.26. The predicted octanol–water partition coefficient (Wildman–Crippen LogP) is 1.27. The molecule has 1 N–H and O–H groups in total. The Kier molecular flexibility index (Phi) is 2.59. The zero-order valence-electron chi connectivity index (χ0n) is 7.92. The van der Waals surface area contributed by atoms with E-state index in [4.69, 9.17) is 4.52 Å². The Bertz CT molecular complexity index is 268. The number of rotatable bonds is 4. The fourth-order valence-electron chi connectivity index (χ4n) is 1.49. The van der Waals surface area contributed by atoms with E-state index in [2.05, 4.69) is 15.5 Å². The lowest BCUT2D eigenvalue weighted by atomic mass is 9.85. The van der Waals surface area contributed by atoms with Crippen molar-refractivity contribution in [2.75, 3.05) is 6.54 Å². The highest BCUT2D eigenvalue weighted by Gasteiger charge is 2.16. The van der Waals surface area contributed by atoms with Crippen molar-refractivity contribution in [1.29, 1.82) is 0 Å². The van der Waals surface area contributed by atoms with Crippen LogP contribution in [0.25, 0.3) is 0 Å². The number of aromatic nitrogens is 2.